The monoisotopic (exact) mass is 407 g/mol. The zero-order chi connectivity index (χ0) is 21.5. The van der Waals surface area contributed by atoms with Crippen LogP contribution in [0.25, 0.3) is 0 Å². The van der Waals surface area contributed by atoms with Gasteiger partial charge in [0.2, 0.25) is 11.8 Å². The number of likely N-dealkylation sites (tertiary alicyclic amines) is 1. The Bertz CT molecular complexity index is 890. The Morgan fingerprint density at radius 1 is 1.03 bits per heavy atom. The molecule has 0 aromatic heterocycles. The molecule has 6 heteroatoms. The second kappa shape index (κ2) is 10.1. The molecule has 1 aliphatic heterocycles. The predicted molar refractivity (Wildman–Crippen MR) is 116 cm³/mol. The van der Waals surface area contributed by atoms with Gasteiger partial charge in [0.15, 0.2) is 0 Å². The fraction of sp³-hybridized carbons (Fsp3) is 0.375. The molecule has 158 valence electrons. The molecule has 2 aromatic rings. The summed E-state index contributed by atoms with van der Waals surface area (Å²) in [4.78, 5) is 38.9. The lowest BCUT2D eigenvalue weighted by molar-refractivity contribution is -0.128. The third kappa shape index (κ3) is 5.92. The molecule has 1 heterocycles. The first-order valence-electron chi connectivity index (χ1n) is 10.4. The van der Waals surface area contributed by atoms with Crippen LogP contribution < -0.4 is 10.6 Å². The number of nitrogens with one attached hydrogen (secondary N) is 2. The normalized spacial score (nSPS) is 15.3. The summed E-state index contributed by atoms with van der Waals surface area (Å²) >= 11 is 0. The van der Waals surface area contributed by atoms with Crippen molar-refractivity contribution < 1.29 is 14.4 Å². The second-order valence-corrected chi connectivity index (χ2v) is 7.89. The van der Waals surface area contributed by atoms with Crippen molar-refractivity contribution in [3.63, 3.8) is 0 Å². The highest BCUT2D eigenvalue weighted by atomic mass is 16.2. The van der Waals surface area contributed by atoms with E-state index in [1.807, 2.05) is 66.4 Å². The van der Waals surface area contributed by atoms with Gasteiger partial charge in [-0.25, -0.2) is 0 Å². The molecule has 6 nitrogen and oxygen atoms in total. The summed E-state index contributed by atoms with van der Waals surface area (Å²) in [6, 6.07) is 16.6. The molecular weight excluding hydrogens is 378 g/mol. The first-order valence-corrected chi connectivity index (χ1v) is 10.4. The first kappa shape index (κ1) is 21.6. The molecule has 30 heavy (non-hydrogen) atoms. The van der Waals surface area contributed by atoms with Crippen LogP contribution in [-0.2, 0) is 16.0 Å². The van der Waals surface area contributed by atoms with Crippen LogP contribution in [0.1, 0.15) is 41.3 Å². The van der Waals surface area contributed by atoms with Crippen molar-refractivity contribution in [1.82, 2.24) is 15.5 Å². The van der Waals surface area contributed by atoms with Crippen LogP contribution in [0.15, 0.2) is 54.6 Å². The Labute approximate surface area is 177 Å². The maximum Gasteiger partial charge on any atom is 0.253 e. The molecule has 0 aliphatic carbocycles. The van der Waals surface area contributed by atoms with E-state index in [4.69, 9.17) is 0 Å². The number of hydrogen-bond acceptors (Lipinski definition) is 3. The van der Waals surface area contributed by atoms with Crippen LogP contribution in [0.4, 0.5) is 0 Å². The Balaban J connectivity index is 1.55. The molecule has 0 radical (unpaired) electrons. The van der Waals surface area contributed by atoms with Crippen molar-refractivity contribution >= 4 is 17.7 Å². The first-order chi connectivity index (χ1) is 14.4. The van der Waals surface area contributed by atoms with Gasteiger partial charge in [0, 0.05) is 38.0 Å². The molecule has 3 amide bonds. The summed E-state index contributed by atoms with van der Waals surface area (Å²) in [6.07, 6.45) is 1.83. The fourth-order valence-corrected chi connectivity index (χ4v) is 3.79. The molecule has 1 fully saturated rings. The molecule has 2 aromatic carbocycles. The van der Waals surface area contributed by atoms with Crippen molar-refractivity contribution in [3.05, 3.63) is 71.3 Å². The number of benzene rings is 2. The van der Waals surface area contributed by atoms with Crippen molar-refractivity contribution in [2.24, 2.45) is 0 Å². The summed E-state index contributed by atoms with van der Waals surface area (Å²) in [6.45, 7) is 4.59. The van der Waals surface area contributed by atoms with Gasteiger partial charge in [-0.05, 0) is 37.5 Å². The van der Waals surface area contributed by atoms with Gasteiger partial charge in [0.05, 0.1) is 0 Å². The molecule has 0 bridgehead atoms. The molecule has 1 aliphatic rings. The van der Waals surface area contributed by atoms with Crippen molar-refractivity contribution in [1.29, 1.82) is 0 Å². The quantitative estimate of drug-likeness (QED) is 0.772. The zero-order valence-corrected chi connectivity index (χ0v) is 17.6. The van der Waals surface area contributed by atoms with Gasteiger partial charge >= 0.3 is 0 Å². The highest BCUT2D eigenvalue weighted by molar-refractivity contribution is 5.94. The Hall–Kier alpha value is -3.15. The topological polar surface area (TPSA) is 78.5 Å². The summed E-state index contributed by atoms with van der Waals surface area (Å²) in [5, 5.41) is 5.82. The van der Waals surface area contributed by atoms with E-state index in [9.17, 15) is 14.4 Å². The molecule has 3 rings (SSSR count). The maximum atomic E-state index is 12.8. The smallest absolute Gasteiger partial charge is 0.253 e. The van der Waals surface area contributed by atoms with Gasteiger partial charge in [-0.2, -0.15) is 0 Å². The van der Waals surface area contributed by atoms with E-state index < -0.39 is 6.04 Å². The summed E-state index contributed by atoms with van der Waals surface area (Å²) in [5.41, 5.74) is 2.75. The molecule has 2 N–H and O–H groups in total. The van der Waals surface area contributed by atoms with Crippen molar-refractivity contribution in [2.45, 2.75) is 45.2 Å². The standard InChI is InChI=1S/C24H29N3O3/c1-17-7-6-10-20(15-17)24(30)27-13-11-21(12-14-27)26-23(29)22(25-18(2)28)16-19-8-4-3-5-9-19/h3-10,15,21-22H,11-14,16H2,1-2H3,(H,25,28)(H,26,29). The average Bonchev–Trinajstić information content (AvgIpc) is 2.74. The SMILES string of the molecule is CC(=O)NC(Cc1ccccc1)C(=O)NC1CCN(C(=O)c2cccc(C)c2)CC1. The highest BCUT2D eigenvalue weighted by Gasteiger charge is 2.27. The Morgan fingerprint density at radius 2 is 1.73 bits per heavy atom. The highest BCUT2D eigenvalue weighted by Crippen LogP contribution is 2.15. The number of rotatable bonds is 6. The van der Waals surface area contributed by atoms with E-state index in [-0.39, 0.29) is 23.8 Å². The summed E-state index contributed by atoms with van der Waals surface area (Å²) in [5.74, 6) is -0.383. The fourth-order valence-electron chi connectivity index (χ4n) is 3.79. The van der Waals surface area contributed by atoms with Gasteiger partial charge in [0.25, 0.3) is 5.91 Å². The zero-order valence-electron chi connectivity index (χ0n) is 17.6. The van der Waals surface area contributed by atoms with Gasteiger partial charge in [-0.3, -0.25) is 14.4 Å². The lowest BCUT2D eigenvalue weighted by Crippen LogP contribution is -2.53. The molecule has 0 spiro atoms. The second-order valence-electron chi connectivity index (χ2n) is 7.89. The van der Waals surface area contributed by atoms with E-state index in [0.717, 1.165) is 11.1 Å². The number of carbonyl (C=O) groups is 3. The van der Waals surface area contributed by atoms with E-state index in [2.05, 4.69) is 10.6 Å². The van der Waals surface area contributed by atoms with Crippen LogP contribution in [-0.4, -0.2) is 47.8 Å². The largest absolute Gasteiger partial charge is 0.351 e. The molecule has 1 unspecified atom stereocenters. The minimum atomic E-state index is -0.614. The van der Waals surface area contributed by atoms with E-state index in [1.165, 1.54) is 6.92 Å². The number of aryl methyl sites for hydroxylation is 1. The Kier molecular flexibility index (Phi) is 7.22. The van der Waals surface area contributed by atoms with E-state index >= 15 is 0 Å². The van der Waals surface area contributed by atoms with Crippen LogP contribution in [0.2, 0.25) is 0 Å². The number of carbonyl (C=O) groups excluding carboxylic acids is 3. The van der Waals surface area contributed by atoms with E-state index in [0.29, 0.717) is 37.9 Å². The Morgan fingerprint density at radius 3 is 2.37 bits per heavy atom. The molecular formula is C24H29N3O3. The van der Waals surface area contributed by atoms with Crippen LogP contribution in [0, 0.1) is 6.92 Å². The summed E-state index contributed by atoms with van der Waals surface area (Å²) in [7, 11) is 0. The van der Waals surface area contributed by atoms with Crippen molar-refractivity contribution in [2.75, 3.05) is 13.1 Å². The average molecular weight is 408 g/mol. The molecule has 1 atom stereocenters. The molecule has 1 saturated heterocycles. The maximum absolute atomic E-state index is 12.8. The van der Waals surface area contributed by atoms with Gasteiger partial charge in [-0.15, -0.1) is 0 Å². The lowest BCUT2D eigenvalue weighted by atomic mass is 10.0. The van der Waals surface area contributed by atoms with Gasteiger partial charge < -0.3 is 15.5 Å². The number of nitrogens with zero attached hydrogens (tertiary/aromatic N) is 1. The van der Waals surface area contributed by atoms with Gasteiger partial charge in [-0.1, -0.05) is 48.0 Å². The van der Waals surface area contributed by atoms with Gasteiger partial charge in [0.1, 0.15) is 6.04 Å². The summed E-state index contributed by atoms with van der Waals surface area (Å²) < 4.78 is 0. The third-order valence-corrected chi connectivity index (χ3v) is 5.37. The third-order valence-electron chi connectivity index (χ3n) is 5.37. The minimum Gasteiger partial charge on any atom is -0.351 e. The predicted octanol–water partition coefficient (Wildman–Crippen LogP) is 2.46. The number of piperidine rings is 1. The number of amides is 3. The van der Waals surface area contributed by atoms with Crippen LogP contribution in [0.3, 0.4) is 0 Å². The molecule has 0 saturated carbocycles. The van der Waals surface area contributed by atoms with E-state index in [1.54, 1.807) is 0 Å². The van der Waals surface area contributed by atoms with Crippen LogP contribution in [0.5, 0.6) is 0 Å². The minimum absolute atomic E-state index is 0.00825. The van der Waals surface area contributed by atoms with Crippen molar-refractivity contribution in [3.8, 4) is 0 Å². The van der Waals surface area contributed by atoms with Crippen LogP contribution >= 0.6 is 0 Å². The number of hydrogen-bond donors (Lipinski definition) is 2. The lowest BCUT2D eigenvalue weighted by Gasteiger charge is -2.33.